The van der Waals surface area contributed by atoms with Gasteiger partial charge < -0.3 is 10.1 Å². The van der Waals surface area contributed by atoms with Crippen LogP contribution in [0.25, 0.3) is 22.0 Å². The highest BCUT2D eigenvalue weighted by Gasteiger charge is 2.13. The zero-order valence-electron chi connectivity index (χ0n) is 16.9. The highest BCUT2D eigenvalue weighted by atomic mass is 16.5. The van der Waals surface area contributed by atoms with Crippen molar-refractivity contribution in [1.82, 2.24) is 9.97 Å². The molecular weight excluding hydrogens is 368 g/mol. The maximum Gasteiger partial charge on any atom is 0.233 e. The molecule has 7 heteroatoms. The van der Waals surface area contributed by atoms with Gasteiger partial charge in [-0.1, -0.05) is 25.1 Å². The molecule has 1 unspecified atom stereocenters. The number of nitrogens with zero attached hydrogens (tertiary/aromatic N) is 2. The van der Waals surface area contributed by atoms with Gasteiger partial charge in [-0.15, -0.1) is 0 Å². The number of carbonyl (C=O) groups is 2. The number of aromatic nitrogens is 2. The molecule has 2 N–H and O–H groups in total. The highest BCUT2D eigenvalue weighted by Crippen LogP contribution is 2.31. The van der Waals surface area contributed by atoms with Gasteiger partial charge in [0.2, 0.25) is 23.6 Å². The highest BCUT2D eigenvalue weighted by molar-refractivity contribution is 5.92. The van der Waals surface area contributed by atoms with E-state index in [1.54, 1.807) is 0 Å². The van der Waals surface area contributed by atoms with E-state index in [0.29, 0.717) is 11.4 Å². The quantitative estimate of drug-likeness (QED) is 0.649. The topological polar surface area (TPSA) is 93.2 Å². The van der Waals surface area contributed by atoms with E-state index in [0.717, 1.165) is 28.6 Å². The molecule has 0 bridgehead atoms. The third-order valence-corrected chi connectivity index (χ3v) is 4.37. The first-order chi connectivity index (χ1) is 13.9. The van der Waals surface area contributed by atoms with Crippen LogP contribution in [0.5, 0.6) is 5.88 Å². The average molecular weight is 392 g/mol. The van der Waals surface area contributed by atoms with Crippen LogP contribution in [0.2, 0.25) is 0 Å². The maximum atomic E-state index is 11.4. The molecule has 0 aliphatic heterocycles. The molecule has 1 aromatic heterocycles. The second-order valence-electron chi connectivity index (χ2n) is 6.86. The molecule has 29 heavy (non-hydrogen) atoms. The van der Waals surface area contributed by atoms with E-state index in [-0.39, 0.29) is 23.9 Å². The standard InChI is InChI=1S/C22H24N4O3/c1-5-13(2)29-21-19-12-17(16-6-9-18(10-7-16)23-14(3)27)8-11-20(19)25-22(26-21)24-15(4)28/h6-13H,5H2,1-4H3,(H,23,27)(H,24,25,26,28). The Hall–Kier alpha value is -3.48. The SMILES string of the molecule is CCC(C)Oc1nc(NC(C)=O)nc2ccc(-c3ccc(NC(C)=O)cc3)cc12. The Morgan fingerprint density at radius 3 is 2.24 bits per heavy atom. The van der Waals surface area contributed by atoms with Crippen molar-refractivity contribution < 1.29 is 14.3 Å². The molecule has 7 nitrogen and oxygen atoms in total. The van der Waals surface area contributed by atoms with Gasteiger partial charge in [-0.3, -0.25) is 14.9 Å². The summed E-state index contributed by atoms with van der Waals surface area (Å²) in [5.41, 5.74) is 3.38. The predicted octanol–water partition coefficient (Wildman–Crippen LogP) is 4.39. The van der Waals surface area contributed by atoms with Gasteiger partial charge in [-0.2, -0.15) is 4.98 Å². The number of amides is 2. The third-order valence-electron chi connectivity index (χ3n) is 4.37. The first-order valence-corrected chi connectivity index (χ1v) is 9.49. The molecule has 0 fully saturated rings. The first kappa shape index (κ1) is 20.3. The number of hydrogen-bond acceptors (Lipinski definition) is 5. The van der Waals surface area contributed by atoms with E-state index in [4.69, 9.17) is 4.74 Å². The van der Waals surface area contributed by atoms with Crippen molar-refractivity contribution in [2.75, 3.05) is 10.6 Å². The predicted molar refractivity (Wildman–Crippen MR) is 114 cm³/mol. The van der Waals surface area contributed by atoms with Gasteiger partial charge in [-0.25, -0.2) is 4.98 Å². The van der Waals surface area contributed by atoms with Crippen molar-refractivity contribution in [2.45, 2.75) is 40.2 Å². The Labute approximate surface area is 169 Å². The van der Waals surface area contributed by atoms with Crippen LogP contribution in [-0.2, 0) is 9.59 Å². The van der Waals surface area contributed by atoms with Gasteiger partial charge in [0.05, 0.1) is 17.0 Å². The summed E-state index contributed by atoms with van der Waals surface area (Å²) in [5.74, 6) is 0.303. The number of fused-ring (bicyclic) bond motifs is 1. The molecule has 2 aromatic carbocycles. The summed E-state index contributed by atoms with van der Waals surface area (Å²) in [7, 11) is 0. The molecule has 0 radical (unpaired) electrons. The lowest BCUT2D eigenvalue weighted by atomic mass is 10.0. The van der Waals surface area contributed by atoms with Crippen LogP contribution in [0, 0.1) is 0 Å². The molecule has 0 saturated carbocycles. The van der Waals surface area contributed by atoms with Crippen LogP contribution in [0.1, 0.15) is 34.1 Å². The van der Waals surface area contributed by atoms with Gasteiger partial charge in [0.25, 0.3) is 0 Å². The van der Waals surface area contributed by atoms with E-state index >= 15 is 0 Å². The molecule has 0 aliphatic carbocycles. The zero-order chi connectivity index (χ0) is 21.0. The van der Waals surface area contributed by atoms with Gasteiger partial charge in [-0.05, 0) is 48.7 Å². The van der Waals surface area contributed by atoms with E-state index in [9.17, 15) is 9.59 Å². The van der Waals surface area contributed by atoms with Gasteiger partial charge in [0, 0.05) is 19.5 Å². The maximum absolute atomic E-state index is 11.4. The number of ether oxygens (including phenoxy) is 1. The minimum absolute atomic E-state index is 0.0288. The third kappa shape index (κ3) is 5.07. The normalized spacial score (nSPS) is 11.7. The lowest BCUT2D eigenvalue weighted by molar-refractivity contribution is -0.115. The van der Waals surface area contributed by atoms with Gasteiger partial charge >= 0.3 is 0 Å². The molecular formula is C22H24N4O3. The second kappa shape index (κ2) is 8.68. The van der Waals surface area contributed by atoms with E-state index in [1.165, 1.54) is 13.8 Å². The van der Waals surface area contributed by atoms with Crippen molar-refractivity contribution in [3.05, 3.63) is 42.5 Å². The summed E-state index contributed by atoms with van der Waals surface area (Å²) in [4.78, 5) is 31.4. The summed E-state index contributed by atoms with van der Waals surface area (Å²) < 4.78 is 6.00. The Kier molecular flexibility index (Phi) is 6.07. The monoisotopic (exact) mass is 392 g/mol. The number of anilines is 2. The molecule has 1 atom stereocenters. The number of carbonyl (C=O) groups excluding carboxylic acids is 2. The van der Waals surface area contributed by atoms with Crippen LogP contribution in [0.4, 0.5) is 11.6 Å². The summed E-state index contributed by atoms with van der Waals surface area (Å²) in [6, 6.07) is 13.4. The van der Waals surface area contributed by atoms with Crippen LogP contribution < -0.4 is 15.4 Å². The number of hydrogen-bond donors (Lipinski definition) is 2. The van der Waals surface area contributed by atoms with Crippen molar-refractivity contribution in [3.8, 4) is 17.0 Å². The zero-order valence-corrected chi connectivity index (χ0v) is 16.9. The lowest BCUT2D eigenvalue weighted by Gasteiger charge is -2.15. The Morgan fingerprint density at radius 2 is 1.62 bits per heavy atom. The fourth-order valence-electron chi connectivity index (χ4n) is 2.81. The molecule has 0 aliphatic rings. The summed E-state index contributed by atoms with van der Waals surface area (Å²) in [6.07, 6.45) is 0.796. The first-order valence-electron chi connectivity index (χ1n) is 9.49. The van der Waals surface area contributed by atoms with Gasteiger partial charge in [0.1, 0.15) is 0 Å². The molecule has 3 aromatic rings. The lowest BCUT2D eigenvalue weighted by Crippen LogP contribution is -2.14. The molecule has 3 rings (SSSR count). The number of benzene rings is 2. The summed E-state index contributed by atoms with van der Waals surface area (Å²) in [5, 5.41) is 6.15. The number of nitrogens with one attached hydrogen (secondary N) is 2. The largest absolute Gasteiger partial charge is 0.474 e. The van der Waals surface area contributed by atoms with Gasteiger partial charge in [0.15, 0.2) is 0 Å². The fourth-order valence-corrected chi connectivity index (χ4v) is 2.81. The van der Waals surface area contributed by atoms with E-state index in [1.807, 2.05) is 56.3 Å². The molecule has 150 valence electrons. The van der Waals surface area contributed by atoms with Crippen molar-refractivity contribution in [3.63, 3.8) is 0 Å². The molecule has 0 spiro atoms. The van der Waals surface area contributed by atoms with Crippen LogP contribution in [0.15, 0.2) is 42.5 Å². The Balaban J connectivity index is 2.03. The van der Waals surface area contributed by atoms with Crippen molar-refractivity contribution >= 4 is 34.4 Å². The summed E-state index contributed by atoms with van der Waals surface area (Å²) in [6.45, 7) is 6.89. The van der Waals surface area contributed by atoms with E-state index < -0.39 is 0 Å². The average Bonchev–Trinajstić information content (AvgIpc) is 2.67. The van der Waals surface area contributed by atoms with Crippen LogP contribution in [-0.4, -0.2) is 27.9 Å². The smallest absolute Gasteiger partial charge is 0.233 e. The van der Waals surface area contributed by atoms with Crippen LogP contribution >= 0.6 is 0 Å². The molecule has 2 amide bonds. The molecule has 0 saturated heterocycles. The number of rotatable bonds is 6. The van der Waals surface area contributed by atoms with E-state index in [2.05, 4.69) is 20.6 Å². The minimum Gasteiger partial charge on any atom is -0.474 e. The van der Waals surface area contributed by atoms with Crippen LogP contribution in [0.3, 0.4) is 0 Å². The van der Waals surface area contributed by atoms with Crippen molar-refractivity contribution in [1.29, 1.82) is 0 Å². The Bertz CT molecular complexity index is 1050. The minimum atomic E-state index is -0.241. The Morgan fingerprint density at radius 1 is 0.966 bits per heavy atom. The van der Waals surface area contributed by atoms with Crippen molar-refractivity contribution in [2.24, 2.45) is 0 Å². The second-order valence-corrected chi connectivity index (χ2v) is 6.86. The summed E-state index contributed by atoms with van der Waals surface area (Å²) >= 11 is 0. The molecule has 1 heterocycles. The fraction of sp³-hybridized carbons (Fsp3) is 0.273.